The number of hydrogen-bond acceptors (Lipinski definition) is 5. The number of para-hydroxylation sites is 1. The van der Waals surface area contributed by atoms with Crippen LogP contribution in [0.5, 0.6) is 17.2 Å². The van der Waals surface area contributed by atoms with E-state index in [1.807, 2.05) is 65.7 Å². The van der Waals surface area contributed by atoms with Crippen molar-refractivity contribution in [1.82, 2.24) is 5.01 Å². The van der Waals surface area contributed by atoms with Crippen molar-refractivity contribution in [3.05, 3.63) is 96.1 Å². The Morgan fingerprint density at radius 1 is 0.886 bits per heavy atom. The summed E-state index contributed by atoms with van der Waals surface area (Å²) >= 11 is 5.83. The molecule has 1 heterocycles. The van der Waals surface area contributed by atoms with E-state index in [1.54, 1.807) is 26.4 Å². The fourth-order valence-corrected chi connectivity index (χ4v) is 4.82. The van der Waals surface area contributed by atoms with Gasteiger partial charge in [0.25, 0.3) is 0 Å². The van der Waals surface area contributed by atoms with E-state index in [-0.39, 0.29) is 11.8 Å². The molecule has 2 N–H and O–H groups in total. The van der Waals surface area contributed by atoms with Crippen molar-refractivity contribution in [3.8, 4) is 17.2 Å². The molecule has 0 saturated heterocycles. The van der Waals surface area contributed by atoms with Crippen LogP contribution in [0.15, 0.2) is 90.0 Å². The standard InChI is InChI=1S/C28H25N3O3S/c1-33-25-16-15-20(19-11-6-7-12-21(19)25)23-17-22(27-24(32)13-8-14-26(27)34-2)30-31(23)28(35)29-18-9-4-3-5-10-18/h3-16,23,32H,17H2,1-2H3,(H,29,35). The normalized spacial score (nSPS) is 15.1. The Hall–Kier alpha value is -4.10. The summed E-state index contributed by atoms with van der Waals surface area (Å²) in [4.78, 5) is 0. The van der Waals surface area contributed by atoms with Crippen molar-refractivity contribution in [2.45, 2.75) is 12.5 Å². The molecule has 176 valence electrons. The molecule has 1 aliphatic heterocycles. The molecule has 0 bridgehead atoms. The Morgan fingerprint density at radius 2 is 1.60 bits per heavy atom. The first kappa shape index (κ1) is 22.7. The lowest BCUT2D eigenvalue weighted by molar-refractivity contribution is 0.377. The molecule has 1 atom stereocenters. The van der Waals surface area contributed by atoms with Crippen LogP contribution in [0.25, 0.3) is 10.8 Å². The molecule has 4 aromatic carbocycles. The monoisotopic (exact) mass is 483 g/mol. The highest BCUT2D eigenvalue weighted by Gasteiger charge is 2.34. The van der Waals surface area contributed by atoms with Gasteiger partial charge in [0.15, 0.2) is 5.11 Å². The number of phenolic OH excluding ortho intramolecular Hbond substituents is 1. The average Bonchev–Trinajstić information content (AvgIpc) is 3.33. The lowest BCUT2D eigenvalue weighted by atomic mass is 9.93. The molecule has 5 rings (SSSR count). The van der Waals surface area contributed by atoms with Gasteiger partial charge in [-0.25, -0.2) is 5.01 Å². The second-order valence-corrected chi connectivity index (χ2v) is 8.55. The quantitative estimate of drug-likeness (QED) is 0.334. The van der Waals surface area contributed by atoms with Gasteiger partial charge in [-0.3, -0.25) is 0 Å². The summed E-state index contributed by atoms with van der Waals surface area (Å²) in [6.45, 7) is 0. The third kappa shape index (κ3) is 4.26. The summed E-state index contributed by atoms with van der Waals surface area (Å²) in [5, 5.41) is 23.3. The predicted molar refractivity (Wildman–Crippen MR) is 144 cm³/mol. The minimum absolute atomic E-state index is 0.116. The van der Waals surface area contributed by atoms with Crippen molar-refractivity contribution < 1.29 is 14.6 Å². The Balaban J connectivity index is 1.62. The van der Waals surface area contributed by atoms with Crippen LogP contribution in [-0.4, -0.2) is 35.2 Å². The molecular formula is C28H25N3O3S. The summed E-state index contributed by atoms with van der Waals surface area (Å²) in [6, 6.07) is 26.9. The Kier molecular flexibility index (Phi) is 6.25. The van der Waals surface area contributed by atoms with Gasteiger partial charge in [-0.1, -0.05) is 54.6 Å². The van der Waals surface area contributed by atoms with Gasteiger partial charge in [-0.2, -0.15) is 5.10 Å². The van der Waals surface area contributed by atoms with Gasteiger partial charge >= 0.3 is 0 Å². The molecule has 0 aliphatic carbocycles. The number of fused-ring (bicyclic) bond motifs is 1. The maximum absolute atomic E-state index is 10.7. The minimum Gasteiger partial charge on any atom is -0.507 e. The second kappa shape index (κ2) is 9.64. The molecule has 0 radical (unpaired) electrons. The highest BCUT2D eigenvalue weighted by molar-refractivity contribution is 7.80. The molecule has 1 aliphatic rings. The Morgan fingerprint density at radius 3 is 2.34 bits per heavy atom. The number of nitrogens with one attached hydrogen (secondary N) is 1. The van der Waals surface area contributed by atoms with Crippen LogP contribution >= 0.6 is 12.2 Å². The van der Waals surface area contributed by atoms with Crippen LogP contribution in [0, 0.1) is 0 Å². The van der Waals surface area contributed by atoms with Gasteiger partial charge in [0.05, 0.1) is 31.5 Å². The fraction of sp³-hybridized carbons (Fsp3) is 0.143. The number of ether oxygens (including phenoxy) is 2. The van der Waals surface area contributed by atoms with Crippen molar-refractivity contribution in [1.29, 1.82) is 0 Å². The van der Waals surface area contributed by atoms with Gasteiger partial charge in [0.2, 0.25) is 0 Å². The van der Waals surface area contributed by atoms with Gasteiger partial charge < -0.3 is 19.9 Å². The molecule has 4 aromatic rings. The van der Waals surface area contributed by atoms with E-state index in [9.17, 15) is 5.11 Å². The molecule has 7 heteroatoms. The number of rotatable bonds is 5. The number of phenols is 1. The van der Waals surface area contributed by atoms with E-state index >= 15 is 0 Å². The van der Waals surface area contributed by atoms with E-state index in [0.717, 1.165) is 27.8 Å². The zero-order valence-electron chi connectivity index (χ0n) is 19.4. The largest absolute Gasteiger partial charge is 0.507 e. The zero-order chi connectivity index (χ0) is 24.4. The highest BCUT2D eigenvalue weighted by Crippen LogP contribution is 2.41. The number of methoxy groups -OCH3 is 2. The molecule has 0 saturated carbocycles. The maximum atomic E-state index is 10.7. The summed E-state index contributed by atoms with van der Waals surface area (Å²) in [5.74, 6) is 1.48. The SMILES string of the molecule is COc1cccc(O)c1C1=NN(C(=S)Nc2ccccc2)C(c2ccc(OC)c3ccccc23)C1. The van der Waals surface area contributed by atoms with E-state index in [0.29, 0.717) is 28.6 Å². The molecule has 0 aromatic heterocycles. The topological polar surface area (TPSA) is 66.3 Å². The number of hydrogen-bond donors (Lipinski definition) is 2. The number of nitrogens with zero attached hydrogens (tertiary/aromatic N) is 2. The van der Waals surface area contributed by atoms with Crippen LogP contribution < -0.4 is 14.8 Å². The maximum Gasteiger partial charge on any atom is 0.194 e. The first-order valence-corrected chi connectivity index (χ1v) is 11.7. The zero-order valence-corrected chi connectivity index (χ0v) is 20.3. The van der Waals surface area contributed by atoms with E-state index in [4.69, 9.17) is 26.8 Å². The molecule has 0 spiro atoms. The molecule has 35 heavy (non-hydrogen) atoms. The van der Waals surface area contributed by atoms with Gasteiger partial charge in [0, 0.05) is 17.5 Å². The van der Waals surface area contributed by atoms with Crippen LogP contribution in [0.4, 0.5) is 5.69 Å². The van der Waals surface area contributed by atoms with E-state index < -0.39 is 0 Å². The molecule has 0 amide bonds. The van der Waals surface area contributed by atoms with Crippen LogP contribution in [-0.2, 0) is 0 Å². The first-order chi connectivity index (χ1) is 17.1. The third-order valence-corrected chi connectivity index (χ3v) is 6.44. The lowest BCUT2D eigenvalue weighted by Gasteiger charge is -2.26. The van der Waals surface area contributed by atoms with Gasteiger partial charge in [-0.05, 0) is 53.5 Å². The van der Waals surface area contributed by atoms with E-state index in [2.05, 4.69) is 17.4 Å². The highest BCUT2D eigenvalue weighted by atomic mass is 32.1. The van der Waals surface area contributed by atoms with E-state index in [1.165, 1.54) is 0 Å². The predicted octanol–water partition coefficient (Wildman–Crippen LogP) is 6.11. The first-order valence-electron chi connectivity index (χ1n) is 11.3. The minimum atomic E-state index is -0.200. The summed E-state index contributed by atoms with van der Waals surface area (Å²) in [6.07, 6.45) is 0.529. The smallest absolute Gasteiger partial charge is 0.194 e. The van der Waals surface area contributed by atoms with Crippen LogP contribution in [0.2, 0.25) is 0 Å². The Labute approximate surface area is 209 Å². The summed E-state index contributed by atoms with van der Waals surface area (Å²) in [5.41, 5.74) is 3.20. The lowest BCUT2D eigenvalue weighted by Crippen LogP contribution is -2.31. The third-order valence-electron chi connectivity index (χ3n) is 6.15. The van der Waals surface area contributed by atoms with Crippen LogP contribution in [0.3, 0.4) is 0 Å². The summed E-state index contributed by atoms with van der Waals surface area (Å²) in [7, 11) is 3.26. The molecular weight excluding hydrogens is 458 g/mol. The van der Waals surface area contributed by atoms with Gasteiger partial charge in [-0.15, -0.1) is 0 Å². The Bertz CT molecular complexity index is 1420. The average molecular weight is 484 g/mol. The van der Waals surface area contributed by atoms with Crippen molar-refractivity contribution in [3.63, 3.8) is 0 Å². The number of aromatic hydroxyl groups is 1. The molecule has 6 nitrogen and oxygen atoms in total. The number of hydrazone groups is 1. The molecule has 1 unspecified atom stereocenters. The second-order valence-electron chi connectivity index (χ2n) is 8.16. The molecule has 0 fully saturated rings. The van der Waals surface area contributed by atoms with Crippen molar-refractivity contribution in [2.75, 3.05) is 19.5 Å². The fourth-order valence-electron chi connectivity index (χ4n) is 4.54. The van der Waals surface area contributed by atoms with Crippen molar-refractivity contribution in [2.24, 2.45) is 5.10 Å². The van der Waals surface area contributed by atoms with Gasteiger partial charge in [0.1, 0.15) is 17.2 Å². The number of thiocarbonyl (C=S) groups is 1. The van der Waals surface area contributed by atoms with Crippen LogP contribution in [0.1, 0.15) is 23.6 Å². The summed E-state index contributed by atoms with van der Waals surface area (Å²) < 4.78 is 11.2. The number of benzene rings is 4. The van der Waals surface area contributed by atoms with Crippen molar-refractivity contribution >= 4 is 39.5 Å². The number of anilines is 1.